The number of anilines is 1. The van der Waals surface area contributed by atoms with E-state index in [1.54, 1.807) is 12.1 Å². The molecule has 1 aromatic carbocycles. The Hall–Kier alpha value is -2.09. The van der Waals surface area contributed by atoms with Crippen molar-refractivity contribution in [2.24, 2.45) is 5.92 Å². The highest BCUT2D eigenvalue weighted by Crippen LogP contribution is 2.29. The maximum absolute atomic E-state index is 12.6. The number of carbonyl (C=O) groups is 2. The zero-order chi connectivity index (χ0) is 22.9. The maximum atomic E-state index is 12.6. The van der Waals surface area contributed by atoms with Gasteiger partial charge in [0.15, 0.2) is 5.78 Å². The number of nitrogens with zero attached hydrogens (tertiary/aromatic N) is 1. The van der Waals surface area contributed by atoms with Gasteiger partial charge >= 0.3 is 0 Å². The highest BCUT2D eigenvalue weighted by Gasteiger charge is 2.21. The standard InChI is InChI=1S/C24H32ClN3O3S/c1-31-22-15-20(26)19(25)14-18(22)24(30)27-16-17-8-11-28(12-9-17)10-4-2-3-6-21(29)23-7-5-13-32-23/h5,7,13-15,17H,2-4,6,8-12,16,26H2,1H3,(H,27,30). The van der Waals surface area contributed by atoms with Crippen molar-refractivity contribution in [2.75, 3.05) is 39.0 Å². The number of Topliss-reactive ketones (excluding diaryl/α,β-unsaturated/α-hetero) is 1. The van der Waals surface area contributed by atoms with Gasteiger partial charge in [0.2, 0.25) is 0 Å². The summed E-state index contributed by atoms with van der Waals surface area (Å²) < 4.78 is 5.27. The Balaban J connectivity index is 1.31. The number of rotatable bonds is 11. The number of thiophene rings is 1. The third-order valence-electron chi connectivity index (χ3n) is 6.00. The first kappa shape index (κ1) is 24.6. The van der Waals surface area contributed by atoms with E-state index in [9.17, 15) is 9.59 Å². The summed E-state index contributed by atoms with van der Waals surface area (Å²) in [6.45, 7) is 3.81. The molecule has 0 spiro atoms. The quantitative estimate of drug-likeness (QED) is 0.274. The number of halogens is 1. The molecule has 0 saturated carbocycles. The number of amides is 1. The maximum Gasteiger partial charge on any atom is 0.255 e. The van der Waals surface area contributed by atoms with Gasteiger partial charge in [-0.05, 0) is 68.7 Å². The van der Waals surface area contributed by atoms with Crippen molar-refractivity contribution < 1.29 is 14.3 Å². The Labute approximate surface area is 199 Å². The van der Waals surface area contributed by atoms with Crippen LogP contribution in [0.5, 0.6) is 5.75 Å². The Morgan fingerprint density at radius 3 is 2.72 bits per heavy atom. The van der Waals surface area contributed by atoms with Gasteiger partial charge in [0.1, 0.15) is 5.75 Å². The lowest BCUT2D eigenvalue weighted by molar-refractivity contribution is 0.0932. The number of ether oxygens (including phenoxy) is 1. The summed E-state index contributed by atoms with van der Waals surface area (Å²) in [5.74, 6) is 0.968. The second kappa shape index (κ2) is 12.2. The van der Waals surface area contributed by atoms with Crippen molar-refractivity contribution in [3.05, 3.63) is 45.1 Å². The predicted octanol–water partition coefficient (Wildman–Crippen LogP) is 4.88. The van der Waals surface area contributed by atoms with Crippen LogP contribution in [0.1, 0.15) is 58.6 Å². The molecule has 0 bridgehead atoms. The number of hydrogen-bond donors (Lipinski definition) is 2. The number of unbranched alkanes of at least 4 members (excludes halogenated alkanes) is 2. The zero-order valence-electron chi connectivity index (χ0n) is 18.6. The molecule has 1 aliphatic rings. The van der Waals surface area contributed by atoms with Crippen LogP contribution in [0.2, 0.25) is 5.02 Å². The van der Waals surface area contributed by atoms with Crippen LogP contribution in [-0.4, -0.2) is 49.9 Å². The average Bonchev–Trinajstić information content (AvgIpc) is 3.34. The number of carbonyl (C=O) groups excluding carboxylic acids is 2. The fraction of sp³-hybridized carbons (Fsp3) is 0.500. The number of nitrogens with one attached hydrogen (secondary N) is 1. The van der Waals surface area contributed by atoms with E-state index in [1.807, 2.05) is 17.5 Å². The summed E-state index contributed by atoms with van der Waals surface area (Å²) in [5, 5.41) is 5.32. The van der Waals surface area contributed by atoms with Crippen molar-refractivity contribution in [2.45, 2.75) is 38.5 Å². The van der Waals surface area contributed by atoms with Gasteiger partial charge in [-0.25, -0.2) is 0 Å². The van der Waals surface area contributed by atoms with E-state index in [4.69, 9.17) is 22.1 Å². The normalized spacial score (nSPS) is 14.9. The van der Waals surface area contributed by atoms with E-state index in [2.05, 4.69) is 10.2 Å². The molecule has 3 N–H and O–H groups in total. The van der Waals surface area contributed by atoms with Gasteiger partial charge < -0.3 is 20.7 Å². The van der Waals surface area contributed by atoms with Crippen LogP contribution < -0.4 is 15.8 Å². The molecule has 0 unspecified atom stereocenters. The lowest BCUT2D eigenvalue weighted by atomic mass is 9.96. The molecule has 1 fully saturated rings. The first-order valence-electron chi connectivity index (χ1n) is 11.2. The van der Waals surface area contributed by atoms with Crippen LogP contribution >= 0.6 is 22.9 Å². The average molecular weight is 478 g/mol. The molecule has 32 heavy (non-hydrogen) atoms. The number of likely N-dealkylation sites (tertiary alicyclic amines) is 1. The van der Waals surface area contributed by atoms with E-state index in [-0.39, 0.29) is 11.7 Å². The fourth-order valence-corrected chi connectivity index (χ4v) is 4.88. The van der Waals surface area contributed by atoms with Crippen molar-refractivity contribution in [3.8, 4) is 5.75 Å². The zero-order valence-corrected chi connectivity index (χ0v) is 20.1. The van der Waals surface area contributed by atoms with Gasteiger partial charge in [0.05, 0.1) is 28.3 Å². The summed E-state index contributed by atoms with van der Waals surface area (Å²) in [5.41, 5.74) is 6.59. The number of ketones is 1. The fourth-order valence-electron chi connectivity index (χ4n) is 4.02. The Morgan fingerprint density at radius 2 is 2.03 bits per heavy atom. The largest absolute Gasteiger partial charge is 0.496 e. The van der Waals surface area contributed by atoms with Crippen LogP contribution in [0.4, 0.5) is 5.69 Å². The first-order valence-corrected chi connectivity index (χ1v) is 12.4. The molecule has 1 amide bonds. The number of methoxy groups -OCH3 is 1. The van der Waals surface area contributed by atoms with Gasteiger partial charge in [-0.2, -0.15) is 0 Å². The van der Waals surface area contributed by atoms with Crippen LogP contribution in [-0.2, 0) is 0 Å². The Kier molecular flexibility index (Phi) is 9.38. The van der Waals surface area contributed by atoms with Crippen molar-refractivity contribution in [1.82, 2.24) is 10.2 Å². The molecule has 6 nitrogen and oxygen atoms in total. The van der Waals surface area contributed by atoms with E-state index >= 15 is 0 Å². The van der Waals surface area contributed by atoms with E-state index in [0.717, 1.165) is 56.6 Å². The van der Waals surface area contributed by atoms with Gasteiger partial charge in [-0.15, -0.1) is 11.3 Å². The summed E-state index contributed by atoms with van der Waals surface area (Å²) in [6.07, 6.45) is 5.94. The summed E-state index contributed by atoms with van der Waals surface area (Å²) in [6, 6.07) is 6.97. The number of nitrogens with two attached hydrogens (primary N) is 1. The molecule has 1 aliphatic heterocycles. The molecule has 0 radical (unpaired) electrons. The number of benzene rings is 1. The van der Waals surface area contributed by atoms with Gasteiger partial charge in [0.25, 0.3) is 5.91 Å². The summed E-state index contributed by atoms with van der Waals surface area (Å²) >= 11 is 7.59. The van der Waals surface area contributed by atoms with Crippen LogP contribution in [0.25, 0.3) is 0 Å². The number of nitrogen functional groups attached to an aromatic ring is 1. The van der Waals surface area contributed by atoms with E-state index < -0.39 is 0 Å². The minimum Gasteiger partial charge on any atom is -0.496 e. The number of piperidine rings is 1. The third kappa shape index (κ3) is 6.95. The van der Waals surface area contributed by atoms with Crippen LogP contribution in [0.15, 0.2) is 29.6 Å². The summed E-state index contributed by atoms with van der Waals surface area (Å²) in [4.78, 5) is 28.0. The first-order chi connectivity index (χ1) is 15.5. The highest BCUT2D eigenvalue weighted by atomic mass is 35.5. The van der Waals surface area contributed by atoms with Crippen molar-refractivity contribution >= 4 is 40.3 Å². The van der Waals surface area contributed by atoms with Crippen LogP contribution in [0, 0.1) is 5.92 Å². The minimum atomic E-state index is -0.191. The molecule has 3 rings (SSSR count). The molecule has 2 heterocycles. The second-order valence-electron chi connectivity index (χ2n) is 8.28. The molecule has 8 heteroatoms. The third-order valence-corrected chi connectivity index (χ3v) is 7.23. The van der Waals surface area contributed by atoms with Crippen molar-refractivity contribution in [1.29, 1.82) is 0 Å². The molecule has 0 aliphatic carbocycles. The van der Waals surface area contributed by atoms with Crippen molar-refractivity contribution in [3.63, 3.8) is 0 Å². The second-order valence-corrected chi connectivity index (χ2v) is 9.64. The predicted molar refractivity (Wildman–Crippen MR) is 131 cm³/mol. The molecule has 0 atom stereocenters. The molecule has 2 aromatic rings. The van der Waals surface area contributed by atoms with E-state index in [1.165, 1.54) is 18.4 Å². The topological polar surface area (TPSA) is 84.7 Å². The molecule has 1 aromatic heterocycles. The number of hydrogen-bond acceptors (Lipinski definition) is 6. The monoisotopic (exact) mass is 477 g/mol. The van der Waals surface area contributed by atoms with Gasteiger partial charge in [-0.3, -0.25) is 9.59 Å². The Bertz CT molecular complexity index is 896. The SMILES string of the molecule is COc1cc(N)c(Cl)cc1C(=O)NCC1CCN(CCCCCC(=O)c2cccs2)CC1. The molecule has 174 valence electrons. The van der Waals surface area contributed by atoms with E-state index in [0.29, 0.717) is 40.9 Å². The Morgan fingerprint density at radius 1 is 1.25 bits per heavy atom. The van der Waals surface area contributed by atoms with Gasteiger partial charge in [0, 0.05) is 19.0 Å². The van der Waals surface area contributed by atoms with Gasteiger partial charge in [-0.1, -0.05) is 24.1 Å². The molecule has 1 saturated heterocycles. The molecular weight excluding hydrogens is 446 g/mol. The summed E-state index contributed by atoms with van der Waals surface area (Å²) in [7, 11) is 1.51. The molecular formula is C24H32ClN3O3S. The minimum absolute atomic E-state index is 0.191. The lowest BCUT2D eigenvalue weighted by Crippen LogP contribution is -2.39. The highest BCUT2D eigenvalue weighted by molar-refractivity contribution is 7.12. The van der Waals surface area contributed by atoms with Crippen LogP contribution in [0.3, 0.4) is 0 Å². The smallest absolute Gasteiger partial charge is 0.255 e. The lowest BCUT2D eigenvalue weighted by Gasteiger charge is -2.32.